The van der Waals surface area contributed by atoms with Crippen molar-refractivity contribution in [1.29, 1.82) is 0 Å². The zero-order chi connectivity index (χ0) is 38.7. The van der Waals surface area contributed by atoms with Gasteiger partial charge in [-0.05, 0) is 81.1 Å². The lowest BCUT2D eigenvalue weighted by atomic mass is 9.79. The van der Waals surface area contributed by atoms with Gasteiger partial charge in [-0.1, -0.05) is 146 Å². The molecule has 0 saturated heterocycles. The van der Waals surface area contributed by atoms with E-state index in [0.29, 0.717) is 0 Å². The van der Waals surface area contributed by atoms with E-state index >= 15 is 0 Å². The molecule has 0 radical (unpaired) electrons. The lowest BCUT2D eigenvalue weighted by Crippen LogP contribution is -2.16. The zero-order valence-electron chi connectivity index (χ0n) is 33.5. The van der Waals surface area contributed by atoms with Crippen molar-refractivity contribution >= 4 is 60.9 Å². The third-order valence-corrected chi connectivity index (χ3v) is 12.1. The quantitative estimate of drug-likeness (QED) is 0.181. The molecule has 0 unspecified atom stereocenters. The van der Waals surface area contributed by atoms with Gasteiger partial charge in [0.25, 0.3) is 0 Å². The van der Waals surface area contributed by atoms with Gasteiger partial charge in [0, 0.05) is 61.1 Å². The van der Waals surface area contributed by atoms with E-state index in [4.69, 9.17) is 8.83 Å². The Bertz CT molecular complexity index is 3000. The van der Waals surface area contributed by atoms with Gasteiger partial charge < -0.3 is 13.7 Å². The molecule has 1 aliphatic rings. The fraction of sp³-hybridized carbons (Fsp3) is 0.208. The molecule has 276 valence electrons. The van der Waals surface area contributed by atoms with Crippen molar-refractivity contribution in [3.05, 3.63) is 162 Å². The minimum atomic E-state index is -0.247. The number of anilines is 3. The van der Waals surface area contributed by atoms with Gasteiger partial charge >= 0.3 is 0 Å². The summed E-state index contributed by atoms with van der Waals surface area (Å²) in [7, 11) is 0. The van der Waals surface area contributed by atoms with Gasteiger partial charge in [0.05, 0.1) is 5.69 Å². The molecular formula is C53H47NO2. The van der Waals surface area contributed by atoms with Gasteiger partial charge in [-0.3, -0.25) is 0 Å². The molecule has 3 nitrogen and oxygen atoms in total. The minimum Gasteiger partial charge on any atom is -0.456 e. The third kappa shape index (κ3) is 5.17. The molecular weight excluding hydrogens is 683 g/mol. The molecule has 0 atom stereocenters. The number of nitrogens with zero attached hydrogens (tertiary/aromatic N) is 1. The fourth-order valence-corrected chi connectivity index (χ4v) is 9.07. The van der Waals surface area contributed by atoms with E-state index < -0.39 is 0 Å². The molecule has 3 heteroatoms. The number of para-hydroxylation sites is 1. The summed E-state index contributed by atoms with van der Waals surface area (Å²) in [6.45, 7) is 18.5. The van der Waals surface area contributed by atoms with Crippen LogP contribution in [0.25, 0.3) is 66.1 Å². The molecule has 0 fully saturated rings. The maximum Gasteiger partial charge on any atom is 0.143 e. The summed E-state index contributed by atoms with van der Waals surface area (Å²) in [4.78, 5) is 2.41. The van der Waals surface area contributed by atoms with E-state index in [2.05, 4.69) is 188 Å². The molecule has 1 aliphatic carbocycles. The highest BCUT2D eigenvalue weighted by molar-refractivity contribution is 6.15. The van der Waals surface area contributed by atoms with Crippen molar-refractivity contribution in [2.75, 3.05) is 4.90 Å². The average Bonchev–Trinajstić information content (AvgIpc) is 3.82. The Labute approximate surface area is 329 Å². The number of hydrogen-bond acceptors (Lipinski definition) is 3. The lowest BCUT2D eigenvalue weighted by molar-refractivity contribution is 0.559. The predicted molar refractivity (Wildman–Crippen MR) is 236 cm³/mol. The Morgan fingerprint density at radius 3 is 1.88 bits per heavy atom. The van der Waals surface area contributed by atoms with Crippen LogP contribution < -0.4 is 4.90 Å². The average molecular weight is 730 g/mol. The van der Waals surface area contributed by atoms with Crippen molar-refractivity contribution in [2.45, 2.75) is 71.6 Å². The molecule has 0 bridgehead atoms. The van der Waals surface area contributed by atoms with Crippen LogP contribution in [0.15, 0.2) is 148 Å². The summed E-state index contributed by atoms with van der Waals surface area (Å²) in [5.74, 6) is 0. The molecule has 10 rings (SSSR count). The molecule has 9 aromatic rings. The van der Waals surface area contributed by atoms with E-state index in [0.717, 1.165) is 55.6 Å². The molecule has 2 heterocycles. The van der Waals surface area contributed by atoms with Crippen LogP contribution in [0.3, 0.4) is 0 Å². The van der Waals surface area contributed by atoms with Crippen molar-refractivity contribution < 1.29 is 8.83 Å². The normalized spacial score (nSPS) is 13.9. The van der Waals surface area contributed by atoms with E-state index in [1.807, 2.05) is 12.1 Å². The summed E-state index contributed by atoms with van der Waals surface area (Å²) in [6, 6.07) is 50.7. The molecule has 0 aliphatic heterocycles. The monoisotopic (exact) mass is 729 g/mol. The summed E-state index contributed by atoms with van der Waals surface area (Å²) in [5.41, 5.74) is 16.5. The Balaban J connectivity index is 1.26. The Hall–Kier alpha value is -6.06. The van der Waals surface area contributed by atoms with Crippen LogP contribution in [-0.2, 0) is 16.2 Å². The molecule has 0 amide bonds. The summed E-state index contributed by atoms with van der Waals surface area (Å²) in [6.07, 6.45) is 0. The zero-order valence-corrected chi connectivity index (χ0v) is 33.5. The smallest absolute Gasteiger partial charge is 0.143 e. The Kier molecular flexibility index (Phi) is 7.36. The second-order valence-corrected chi connectivity index (χ2v) is 18.2. The fourth-order valence-electron chi connectivity index (χ4n) is 9.07. The first-order valence-electron chi connectivity index (χ1n) is 19.8. The Morgan fingerprint density at radius 2 is 1.12 bits per heavy atom. The summed E-state index contributed by atoms with van der Waals surface area (Å²) < 4.78 is 13.7. The summed E-state index contributed by atoms with van der Waals surface area (Å²) in [5, 5.41) is 4.59. The molecule has 56 heavy (non-hydrogen) atoms. The number of benzene rings is 7. The van der Waals surface area contributed by atoms with Crippen LogP contribution in [0.1, 0.15) is 77.6 Å². The largest absolute Gasteiger partial charge is 0.456 e. The highest BCUT2D eigenvalue weighted by Crippen LogP contribution is 2.57. The van der Waals surface area contributed by atoms with Gasteiger partial charge in [-0.25, -0.2) is 0 Å². The van der Waals surface area contributed by atoms with Gasteiger partial charge in [-0.2, -0.15) is 0 Å². The van der Waals surface area contributed by atoms with E-state index in [1.54, 1.807) is 0 Å². The second-order valence-electron chi connectivity index (χ2n) is 18.2. The third-order valence-electron chi connectivity index (χ3n) is 12.1. The standard InChI is InChI=1S/C53H47NO2/c1-51(2,3)34-29-40-39-27-28-42-48(50(39)56-49(40)43(30-34)52(4,5)6)47-41(53(42,7)8)18-14-19-44(47)54(35-23-21-33(22-24-35)32-15-10-9-11-16-32)36-25-26-38-37-17-12-13-20-45(37)55-46(38)31-36/h9-31H,1-8H3. The molecule has 0 spiro atoms. The van der Waals surface area contributed by atoms with Crippen LogP contribution in [0, 0.1) is 0 Å². The van der Waals surface area contributed by atoms with E-state index in [1.165, 1.54) is 49.9 Å². The molecule has 0 saturated carbocycles. The highest BCUT2D eigenvalue weighted by Gasteiger charge is 2.41. The summed E-state index contributed by atoms with van der Waals surface area (Å²) >= 11 is 0. The number of rotatable bonds is 4. The van der Waals surface area contributed by atoms with Crippen molar-refractivity contribution in [1.82, 2.24) is 0 Å². The highest BCUT2D eigenvalue weighted by atomic mass is 16.3. The predicted octanol–water partition coefficient (Wildman–Crippen LogP) is 15.5. The van der Waals surface area contributed by atoms with E-state index in [-0.39, 0.29) is 16.2 Å². The first-order chi connectivity index (χ1) is 26.8. The van der Waals surface area contributed by atoms with Crippen LogP contribution in [0.2, 0.25) is 0 Å². The first-order valence-corrected chi connectivity index (χ1v) is 19.8. The topological polar surface area (TPSA) is 29.5 Å². The number of fused-ring (bicyclic) bond motifs is 10. The molecule has 7 aromatic carbocycles. The van der Waals surface area contributed by atoms with Gasteiger partial charge in [0.1, 0.15) is 22.3 Å². The van der Waals surface area contributed by atoms with Crippen LogP contribution in [0.4, 0.5) is 17.1 Å². The minimum absolute atomic E-state index is 0.00617. The Morgan fingerprint density at radius 1 is 0.464 bits per heavy atom. The van der Waals surface area contributed by atoms with Crippen molar-refractivity contribution in [3.63, 3.8) is 0 Å². The van der Waals surface area contributed by atoms with Gasteiger partial charge in [-0.15, -0.1) is 0 Å². The van der Waals surface area contributed by atoms with Crippen LogP contribution in [0.5, 0.6) is 0 Å². The maximum absolute atomic E-state index is 7.24. The maximum atomic E-state index is 7.24. The molecule has 2 aromatic heterocycles. The van der Waals surface area contributed by atoms with Crippen molar-refractivity contribution in [3.8, 4) is 22.3 Å². The van der Waals surface area contributed by atoms with Crippen molar-refractivity contribution in [2.24, 2.45) is 0 Å². The number of furan rings is 2. The SMILES string of the molecule is CC(C)(C)c1cc(C(C)(C)C)c2oc3c4c(ccc3c2c1)C(C)(C)c1cccc(N(c2ccc(-c3ccccc3)cc2)c2ccc3c(c2)oc2ccccc23)c1-4. The van der Waals surface area contributed by atoms with Gasteiger partial charge in [0.2, 0.25) is 0 Å². The lowest BCUT2D eigenvalue weighted by Gasteiger charge is -2.29. The van der Waals surface area contributed by atoms with Gasteiger partial charge in [0.15, 0.2) is 0 Å². The van der Waals surface area contributed by atoms with Crippen LogP contribution >= 0.6 is 0 Å². The second kappa shape index (κ2) is 12.0. The number of hydrogen-bond donors (Lipinski definition) is 0. The van der Waals surface area contributed by atoms with Crippen LogP contribution in [-0.4, -0.2) is 0 Å². The van der Waals surface area contributed by atoms with E-state index in [9.17, 15) is 0 Å². The first kappa shape index (κ1) is 34.4. The molecule has 0 N–H and O–H groups in total.